The number of ketones is 2. The van der Waals surface area contributed by atoms with Crippen LogP contribution in [0.25, 0.3) is 28.2 Å². The van der Waals surface area contributed by atoms with Gasteiger partial charge in [0.25, 0.3) is 0 Å². The van der Waals surface area contributed by atoms with Gasteiger partial charge in [-0.05, 0) is 119 Å². The van der Waals surface area contributed by atoms with Crippen LogP contribution in [0.3, 0.4) is 0 Å². The predicted octanol–water partition coefficient (Wildman–Crippen LogP) is 13.3. The van der Waals surface area contributed by atoms with Crippen molar-refractivity contribution in [1.29, 1.82) is 0 Å². The predicted molar refractivity (Wildman–Crippen MR) is 249 cm³/mol. The van der Waals surface area contributed by atoms with Gasteiger partial charge in [-0.15, -0.1) is 11.3 Å². The number of hydrogen-bond acceptors (Lipinski definition) is 6. The lowest BCUT2D eigenvalue weighted by atomic mass is 9.95. The second kappa shape index (κ2) is 17.4. The summed E-state index contributed by atoms with van der Waals surface area (Å²) < 4.78 is 0. The van der Waals surface area contributed by atoms with Gasteiger partial charge in [-0.1, -0.05) is 124 Å². The first-order valence-corrected chi connectivity index (χ1v) is 22.5. The highest BCUT2D eigenvalue weighted by Gasteiger charge is 2.42. The molecule has 9 rings (SSSR count). The van der Waals surface area contributed by atoms with E-state index in [0.29, 0.717) is 12.0 Å². The fourth-order valence-electron chi connectivity index (χ4n) is 9.62. The van der Waals surface area contributed by atoms with Gasteiger partial charge < -0.3 is 15.7 Å². The molecule has 7 heteroatoms. The van der Waals surface area contributed by atoms with Crippen molar-refractivity contribution in [3.05, 3.63) is 182 Å². The standard InChI is InChI=1S/C54H50N2O4S/c1-2-3-4-5-12-19-47(55)45-32-50(61-51(45)33-46-52(57)41-27-23-38(54(59)60)31-44(41)53(46)58)37-24-28-49-43(30-37)40-18-13-20-48(40)56(49)39-25-21-34(22-26-39)29-42(35-14-8-6-9-15-35)36-16-10-7-11-17-36/h6-11,14-17,21-33,40,47-48H,2-5,12-13,18-20,55H2,1H3,(H,59,60)/b46-33+. The molecule has 2 heterocycles. The Morgan fingerprint density at radius 3 is 2.20 bits per heavy atom. The summed E-state index contributed by atoms with van der Waals surface area (Å²) >= 11 is 1.56. The number of aromatic carboxylic acids is 1. The van der Waals surface area contributed by atoms with Gasteiger partial charge in [-0.25, -0.2) is 4.79 Å². The largest absolute Gasteiger partial charge is 0.478 e. The quantitative estimate of drug-likeness (QED) is 0.0491. The first kappa shape index (κ1) is 40.3. The number of anilines is 2. The van der Waals surface area contributed by atoms with Crippen LogP contribution in [-0.2, 0) is 0 Å². The highest BCUT2D eigenvalue weighted by molar-refractivity contribution is 7.16. The van der Waals surface area contributed by atoms with Crippen molar-refractivity contribution in [2.75, 3.05) is 4.90 Å². The molecule has 1 aliphatic heterocycles. The SMILES string of the molecule is CCCCCCCC(N)c1cc(-c2ccc3c(c2)C2CCCC2N3c2ccc(C=C(c3ccccc3)c3ccccc3)cc2)sc1/C=C1\C(=O)c2ccc(C(=O)O)cc2C1=O. The summed E-state index contributed by atoms with van der Waals surface area (Å²) in [7, 11) is 0. The van der Waals surface area contributed by atoms with Crippen LogP contribution >= 0.6 is 11.3 Å². The van der Waals surface area contributed by atoms with Crippen LogP contribution in [-0.4, -0.2) is 28.7 Å². The number of Topliss-reactive ketones (excluding diaryl/α,β-unsaturated/α-hetero) is 2. The highest BCUT2D eigenvalue weighted by Crippen LogP contribution is 2.53. The summed E-state index contributed by atoms with van der Waals surface area (Å²) in [4.78, 5) is 43.4. The van der Waals surface area contributed by atoms with Crippen molar-refractivity contribution in [3.63, 3.8) is 0 Å². The summed E-state index contributed by atoms with van der Waals surface area (Å²) in [5.41, 5.74) is 17.9. The van der Waals surface area contributed by atoms with Crippen molar-refractivity contribution in [2.45, 2.75) is 82.7 Å². The van der Waals surface area contributed by atoms with Crippen LogP contribution in [0.4, 0.5) is 11.4 Å². The van der Waals surface area contributed by atoms with E-state index >= 15 is 0 Å². The van der Waals surface area contributed by atoms with Crippen molar-refractivity contribution in [1.82, 2.24) is 0 Å². The average Bonchev–Trinajstić information content (AvgIpc) is 4.06. The molecule has 2 aliphatic carbocycles. The number of carbonyl (C=O) groups excluding carboxylic acids is 2. The van der Waals surface area contributed by atoms with E-state index in [9.17, 15) is 19.5 Å². The fourth-order valence-corrected chi connectivity index (χ4v) is 10.8. The Morgan fingerprint density at radius 1 is 0.787 bits per heavy atom. The molecule has 0 spiro atoms. The lowest BCUT2D eigenvalue weighted by Gasteiger charge is -2.27. The second-order valence-corrected chi connectivity index (χ2v) is 17.7. The number of hydrogen-bond donors (Lipinski definition) is 2. The van der Waals surface area contributed by atoms with E-state index in [1.165, 1.54) is 77.5 Å². The van der Waals surface area contributed by atoms with Gasteiger partial charge in [0.1, 0.15) is 0 Å². The van der Waals surface area contributed by atoms with Crippen LogP contribution in [0, 0.1) is 0 Å². The summed E-state index contributed by atoms with van der Waals surface area (Å²) in [6, 6.07) is 43.4. The minimum atomic E-state index is -1.14. The molecular weight excluding hydrogens is 773 g/mol. The van der Waals surface area contributed by atoms with E-state index in [1.807, 2.05) is 0 Å². The van der Waals surface area contributed by atoms with Crippen molar-refractivity contribution in [2.24, 2.45) is 5.73 Å². The van der Waals surface area contributed by atoms with Gasteiger partial charge >= 0.3 is 5.97 Å². The number of nitrogens with two attached hydrogens (primary N) is 1. The third-order valence-electron chi connectivity index (χ3n) is 12.8. The molecule has 0 saturated heterocycles. The monoisotopic (exact) mass is 822 g/mol. The molecule has 61 heavy (non-hydrogen) atoms. The Kier molecular flexibility index (Phi) is 11.5. The van der Waals surface area contributed by atoms with E-state index in [2.05, 4.69) is 127 Å². The lowest BCUT2D eigenvalue weighted by Crippen LogP contribution is -2.26. The number of benzene rings is 5. The maximum Gasteiger partial charge on any atom is 0.335 e. The zero-order valence-corrected chi connectivity index (χ0v) is 35.3. The van der Waals surface area contributed by atoms with Gasteiger partial charge in [0.2, 0.25) is 0 Å². The molecule has 1 aromatic heterocycles. The van der Waals surface area contributed by atoms with E-state index in [-0.39, 0.29) is 34.1 Å². The minimum Gasteiger partial charge on any atom is -0.478 e. The molecule has 0 amide bonds. The number of rotatable bonds is 14. The van der Waals surface area contributed by atoms with Gasteiger partial charge in [-0.3, -0.25) is 9.59 Å². The summed E-state index contributed by atoms with van der Waals surface area (Å²) in [6.45, 7) is 2.21. The Morgan fingerprint density at radius 2 is 1.49 bits per heavy atom. The molecular formula is C54H50N2O4S. The van der Waals surface area contributed by atoms with Crippen LogP contribution in [0.15, 0.2) is 133 Å². The topological polar surface area (TPSA) is 101 Å². The summed E-state index contributed by atoms with van der Waals surface area (Å²) in [6.07, 6.45) is 13.9. The van der Waals surface area contributed by atoms with Crippen molar-refractivity contribution >= 4 is 58.0 Å². The van der Waals surface area contributed by atoms with E-state index < -0.39 is 11.8 Å². The van der Waals surface area contributed by atoms with Gasteiger partial charge in [0.05, 0.1) is 11.1 Å². The molecule has 3 atom stereocenters. The molecule has 3 N–H and O–H groups in total. The zero-order chi connectivity index (χ0) is 42.0. The molecule has 306 valence electrons. The number of allylic oxidation sites excluding steroid dienone is 1. The van der Waals surface area contributed by atoms with E-state index in [0.717, 1.165) is 58.5 Å². The van der Waals surface area contributed by atoms with Gasteiger partial charge in [-0.2, -0.15) is 0 Å². The normalized spacial score (nSPS) is 17.7. The van der Waals surface area contributed by atoms with Gasteiger partial charge in [0.15, 0.2) is 11.6 Å². The smallest absolute Gasteiger partial charge is 0.335 e. The molecule has 6 nitrogen and oxygen atoms in total. The number of carboxylic acids is 1. The molecule has 0 radical (unpaired) electrons. The molecule has 0 bridgehead atoms. The lowest BCUT2D eigenvalue weighted by molar-refractivity contribution is 0.0696. The van der Waals surface area contributed by atoms with Crippen LogP contribution < -0.4 is 10.6 Å². The Labute approximate surface area is 362 Å². The maximum atomic E-state index is 13.7. The van der Waals surface area contributed by atoms with E-state index in [1.54, 1.807) is 17.4 Å². The first-order chi connectivity index (χ1) is 29.8. The van der Waals surface area contributed by atoms with Crippen LogP contribution in [0.2, 0.25) is 0 Å². The second-order valence-electron chi connectivity index (χ2n) is 16.7. The Balaban J connectivity index is 1.04. The number of carbonyl (C=O) groups is 3. The molecule has 3 unspecified atom stereocenters. The third kappa shape index (κ3) is 7.96. The highest BCUT2D eigenvalue weighted by atomic mass is 32.1. The average molecular weight is 823 g/mol. The summed E-state index contributed by atoms with van der Waals surface area (Å²) in [5.74, 6) is -1.54. The molecule has 6 aromatic rings. The third-order valence-corrected chi connectivity index (χ3v) is 13.9. The fraction of sp³-hybridized carbons (Fsp3) is 0.241. The van der Waals surface area contributed by atoms with Crippen molar-refractivity contribution < 1.29 is 19.5 Å². The Hall–Kier alpha value is -6.15. The minimum absolute atomic E-state index is 0.0181. The number of carboxylic acid groups (broad SMARTS) is 1. The molecule has 3 aliphatic rings. The molecule has 1 saturated carbocycles. The van der Waals surface area contributed by atoms with Crippen LogP contribution in [0.1, 0.15) is 140 Å². The maximum absolute atomic E-state index is 13.7. The first-order valence-electron chi connectivity index (χ1n) is 21.7. The molecule has 1 fully saturated rings. The number of nitrogens with zero attached hydrogens (tertiary/aromatic N) is 1. The van der Waals surface area contributed by atoms with Crippen molar-refractivity contribution in [3.8, 4) is 10.4 Å². The van der Waals surface area contributed by atoms with E-state index in [4.69, 9.17) is 5.73 Å². The summed E-state index contributed by atoms with van der Waals surface area (Å²) in [5, 5.41) is 9.55. The number of thiophene rings is 1. The Bertz CT molecular complexity index is 2640. The van der Waals surface area contributed by atoms with Crippen LogP contribution in [0.5, 0.6) is 0 Å². The van der Waals surface area contributed by atoms with Gasteiger partial charge in [0, 0.05) is 50.3 Å². The zero-order valence-electron chi connectivity index (χ0n) is 34.5. The number of fused-ring (bicyclic) bond motifs is 4. The number of unbranched alkanes of at least 4 members (excludes halogenated alkanes) is 4. The molecule has 5 aromatic carbocycles.